The SMILES string of the molecule is CC/C=C\C/C=C\C/C=C\C/C=C\C/C=C\C/C=C\CCCCC(=O)NC(COC1OC(CO)C(O)C(O)C1O)C(O)/C=C/CC/C=C/CC/C=C/CCCCCCCCCCCCCCCCCCCCC. The smallest absolute Gasteiger partial charge is 0.220 e. The molecular weight excluding hydrogens is 911 g/mol. The summed E-state index contributed by atoms with van der Waals surface area (Å²) < 4.78 is 11.2. The number of ether oxygens (including phenoxy) is 2. The van der Waals surface area contributed by atoms with Gasteiger partial charge in [-0.1, -0.05) is 239 Å². The second-order valence-corrected chi connectivity index (χ2v) is 20.0. The Balaban J connectivity index is 2.29. The molecule has 1 aliphatic heterocycles. The fourth-order valence-electron chi connectivity index (χ4n) is 8.66. The van der Waals surface area contributed by atoms with Crippen LogP contribution in [0.5, 0.6) is 0 Å². The van der Waals surface area contributed by atoms with Crippen molar-refractivity contribution in [2.45, 2.75) is 275 Å². The molecule has 0 aromatic heterocycles. The number of unbranched alkanes of at least 4 members (excludes halogenated alkanes) is 23. The Bertz CT molecular complexity index is 1510. The maximum atomic E-state index is 13.0. The lowest BCUT2D eigenvalue weighted by atomic mass is 9.99. The predicted octanol–water partition coefficient (Wildman–Crippen LogP) is 15.0. The van der Waals surface area contributed by atoms with Crippen molar-refractivity contribution in [2.75, 3.05) is 13.2 Å². The molecule has 9 nitrogen and oxygen atoms in total. The van der Waals surface area contributed by atoms with Gasteiger partial charge in [0.05, 0.1) is 25.4 Å². The number of amides is 1. The zero-order chi connectivity index (χ0) is 52.9. The second kappa shape index (κ2) is 52.3. The molecule has 1 amide bonds. The van der Waals surface area contributed by atoms with Crippen LogP contribution in [0.1, 0.15) is 232 Å². The lowest BCUT2D eigenvalue weighted by Crippen LogP contribution is -2.60. The van der Waals surface area contributed by atoms with Gasteiger partial charge in [0.2, 0.25) is 5.91 Å². The molecule has 0 aromatic rings. The summed E-state index contributed by atoms with van der Waals surface area (Å²) >= 11 is 0. The van der Waals surface area contributed by atoms with Gasteiger partial charge in [0.25, 0.3) is 0 Å². The number of allylic oxidation sites excluding steroid dienone is 17. The normalized spacial score (nSPS) is 19.9. The van der Waals surface area contributed by atoms with Crippen molar-refractivity contribution in [1.29, 1.82) is 0 Å². The number of carbonyl (C=O) groups excluding carboxylic acids is 1. The Labute approximate surface area is 446 Å². The molecule has 73 heavy (non-hydrogen) atoms. The minimum absolute atomic E-state index is 0.231. The van der Waals surface area contributed by atoms with Gasteiger partial charge in [0.15, 0.2) is 6.29 Å². The lowest BCUT2D eigenvalue weighted by molar-refractivity contribution is -0.302. The number of hydrogen-bond donors (Lipinski definition) is 6. The van der Waals surface area contributed by atoms with E-state index in [0.717, 1.165) is 77.0 Å². The molecule has 7 unspecified atom stereocenters. The standard InChI is InChI=1S/C64H109NO8/c1-3-5-7-9-11-13-15-17-19-21-23-25-26-27-28-29-30-31-32-34-35-37-39-41-43-45-47-49-51-53-58(67)57(56-72-64-63(71)62(70)61(69)59(55-66)73-64)65-60(68)54-52-50-48-46-44-42-40-38-36-33-24-22-20-18-16-14-12-10-8-6-4-2/h6,8,12,14,18,20,24,33,35,37-38,40,43-46,51,53,57-59,61-64,66-67,69-71H,3-5,7,9-11,13,15-17,19,21-23,25-32,34,36,39,41-42,47-50,52,54-56H2,1-2H3,(H,65,68)/b8-6-,14-12-,20-18-,33-24-,37-35+,40-38-,45-43+,46-44-,53-51+. The molecule has 0 bridgehead atoms. The van der Waals surface area contributed by atoms with Crippen LogP contribution in [0, 0.1) is 0 Å². The molecule has 7 atom stereocenters. The summed E-state index contributed by atoms with van der Waals surface area (Å²) in [5.74, 6) is -0.236. The molecule has 1 aliphatic rings. The van der Waals surface area contributed by atoms with Crippen LogP contribution in [-0.4, -0.2) is 87.5 Å². The van der Waals surface area contributed by atoms with Gasteiger partial charge in [0.1, 0.15) is 24.4 Å². The quantitative estimate of drug-likeness (QED) is 0.0261. The van der Waals surface area contributed by atoms with Gasteiger partial charge in [-0.25, -0.2) is 0 Å². The van der Waals surface area contributed by atoms with Crippen LogP contribution >= 0.6 is 0 Å². The predicted molar refractivity (Wildman–Crippen MR) is 308 cm³/mol. The van der Waals surface area contributed by atoms with Crippen LogP contribution in [-0.2, 0) is 14.3 Å². The van der Waals surface area contributed by atoms with Gasteiger partial charge in [-0.05, 0) is 96.3 Å². The summed E-state index contributed by atoms with van der Waals surface area (Å²) in [4.78, 5) is 13.0. The Morgan fingerprint density at radius 1 is 0.479 bits per heavy atom. The van der Waals surface area contributed by atoms with Crippen LogP contribution in [0.4, 0.5) is 0 Å². The third-order valence-electron chi connectivity index (χ3n) is 13.3. The van der Waals surface area contributed by atoms with Crippen molar-refractivity contribution in [3.63, 3.8) is 0 Å². The van der Waals surface area contributed by atoms with Gasteiger partial charge in [-0.3, -0.25) is 4.79 Å². The first-order valence-electron chi connectivity index (χ1n) is 29.6. The van der Waals surface area contributed by atoms with Gasteiger partial charge in [0, 0.05) is 6.42 Å². The topological polar surface area (TPSA) is 149 Å². The maximum Gasteiger partial charge on any atom is 0.220 e. The molecule has 0 radical (unpaired) electrons. The zero-order valence-corrected chi connectivity index (χ0v) is 46.4. The monoisotopic (exact) mass is 1020 g/mol. The van der Waals surface area contributed by atoms with E-state index in [1.165, 1.54) is 122 Å². The van der Waals surface area contributed by atoms with Crippen molar-refractivity contribution < 1.29 is 39.8 Å². The first-order chi connectivity index (χ1) is 35.8. The largest absolute Gasteiger partial charge is 0.394 e. The zero-order valence-electron chi connectivity index (χ0n) is 46.4. The highest BCUT2D eigenvalue weighted by Crippen LogP contribution is 2.23. The van der Waals surface area contributed by atoms with Gasteiger partial charge >= 0.3 is 0 Å². The molecule has 6 N–H and O–H groups in total. The number of carbonyl (C=O) groups is 1. The molecule has 0 spiro atoms. The van der Waals surface area contributed by atoms with Gasteiger partial charge in [-0.2, -0.15) is 0 Å². The molecule has 0 aliphatic carbocycles. The van der Waals surface area contributed by atoms with Crippen LogP contribution in [0.25, 0.3) is 0 Å². The van der Waals surface area contributed by atoms with Crippen LogP contribution in [0.2, 0.25) is 0 Å². The molecule has 1 saturated heterocycles. The van der Waals surface area contributed by atoms with Crippen LogP contribution in [0.3, 0.4) is 0 Å². The molecule has 0 aromatic carbocycles. The van der Waals surface area contributed by atoms with Gasteiger partial charge < -0.3 is 40.3 Å². The first kappa shape index (κ1) is 67.9. The van der Waals surface area contributed by atoms with E-state index in [9.17, 15) is 30.3 Å². The van der Waals surface area contributed by atoms with Crippen LogP contribution in [0.15, 0.2) is 109 Å². The minimum atomic E-state index is -1.59. The summed E-state index contributed by atoms with van der Waals surface area (Å²) in [7, 11) is 0. The average molecular weight is 1020 g/mol. The number of aliphatic hydroxyl groups excluding tert-OH is 5. The summed E-state index contributed by atoms with van der Waals surface area (Å²) in [6.07, 6.45) is 70.3. The number of nitrogens with one attached hydrogen (secondary N) is 1. The number of rotatable bonds is 49. The van der Waals surface area contributed by atoms with E-state index >= 15 is 0 Å². The third-order valence-corrected chi connectivity index (χ3v) is 13.3. The van der Waals surface area contributed by atoms with Crippen molar-refractivity contribution in [2.24, 2.45) is 0 Å². The molecule has 418 valence electrons. The van der Waals surface area contributed by atoms with E-state index in [1.807, 2.05) is 6.08 Å². The third kappa shape index (κ3) is 41.7. The van der Waals surface area contributed by atoms with Crippen molar-refractivity contribution in [3.05, 3.63) is 109 Å². The highest BCUT2D eigenvalue weighted by molar-refractivity contribution is 5.76. The Morgan fingerprint density at radius 2 is 0.863 bits per heavy atom. The number of hydrogen-bond acceptors (Lipinski definition) is 8. The van der Waals surface area contributed by atoms with E-state index < -0.39 is 49.5 Å². The van der Waals surface area contributed by atoms with E-state index in [1.54, 1.807) is 6.08 Å². The summed E-state index contributed by atoms with van der Waals surface area (Å²) in [5, 5.41) is 54.5. The Morgan fingerprint density at radius 3 is 1.32 bits per heavy atom. The van der Waals surface area contributed by atoms with Crippen molar-refractivity contribution in [3.8, 4) is 0 Å². The molecule has 0 saturated carbocycles. The fraction of sp³-hybridized carbons (Fsp3) is 0.703. The maximum absolute atomic E-state index is 13.0. The average Bonchev–Trinajstić information content (AvgIpc) is 3.39. The lowest BCUT2D eigenvalue weighted by Gasteiger charge is -2.40. The fourth-order valence-corrected chi connectivity index (χ4v) is 8.66. The molecule has 1 heterocycles. The molecule has 9 heteroatoms. The van der Waals surface area contributed by atoms with E-state index in [2.05, 4.69) is 116 Å². The highest BCUT2D eigenvalue weighted by atomic mass is 16.7. The molecule has 1 rings (SSSR count). The Kier molecular flexibility index (Phi) is 48.6. The number of aliphatic hydroxyl groups is 5. The molecule has 1 fully saturated rings. The minimum Gasteiger partial charge on any atom is -0.394 e. The highest BCUT2D eigenvalue weighted by Gasteiger charge is 2.44. The summed E-state index contributed by atoms with van der Waals surface area (Å²) in [6, 6.07) is -0.861. The van der Waals surface area contributed by atoms with Gasteiger partial charge in [-0.15, -0.1) is 0 Å². The van der Waals surface area contributed by atoms with E-state index in [-0.39, 0.29) is 18.9 Å². The Hall–Kier alpha value is -3.15. The first-order valence-corrected chi connectivity index (χ1v) is 29.6. The van der Waals surface area contributed by atoms with Crippen molar-refractivity contribution in [1.82, 2.24) is 5.32 Å². The van der Waals surface area contributed by atoms with E-state index in [0.29, 0.717) is 12.8 Å². The van der Waals surface area contributed by atoms with Crippen LogP contribution < -0.4 is 5.32 Å². The molecular formula is C64H109NO8. The van der Waals surface area contributed by atoms with E-state index in [4.69, 9.17) is 9.47 Å². The second-order valence-electron chi connectivity index (χ2n) is 20.0. The van der Waals surface area contributed by atoms with Crippen molar-refractivity contribution >= 4 is 5.91 Å². The summed E-state index contributed by atoms with van der Waals surface area (Å²) in [6.45, 7) is 3.62. The summed E-state index contributed by atoms with van der Waals surface area (Å²) in [5.41, 5.74) is 0.